The highest BCUT2D eigenvalue weighted by Crippen LogP contribution is 2.33. The molecule has 378 valence electrons. The number of carbonyl (C=O) groups is 10. The number of unbranched alkanes of at least 4 members (excludes halogenated alkanes) is 2. The van der Waals surface area contributed by atoms with Crippen molar-refractivity contribution in [2.75, 3.05) is 25.4 Å². The lowest BCUT2D eigenvalue weighted by molar-refractivity contribution is -0.137. The SMILES string of the molecule is NC(=O)CC[C@H](NC(=O)[C@H](Cc1cnc[nH]1)NC(=O)C(CCCc1ccccc1)CC(=O)NO)C(=O)NCC(=O)NCC(=O)N[C@@H](CCCCNC(=O)CCCC[C@@H]1SC[C@@H]2NC(=O)N[C@@H]21)C(N)=O. The van der Waals surface area contributed by atoms with Gasteiger partial charge in [0.1, 0.15) is 18.1 Å². The van der Waals surface area contributed by atoms with Crippen molar-refractivity contribution in [1.82, 2.24) is 58.0 Å². The molecule has 0 aliphatic carbocycles. The summed E-state index contributed by atoms with van der Waals surface area (Å²) in [6.07, 6.45) is 6.90. The molecule has 11 amide bonds. The van der Waals surface area contributed by atoms with Gasteiger partial charge >= 0.3 is 6.03 Å². The van der Waals surface area contributed by atoms with Crippen LogP contribution in [0.2, 0.25) is 0 Å². The van der Waals surface area contributed by atoms with Crippen molar-refractivity contribution in [2.24, 2.45) is 17.4 Å². The lowest BCUT2D eigenvalue weighted by atomic mass is 9.94. The molecule has 0 spiro atoms. The second kappa shape index (κ2) is 29.2. The van der Waals surface area contributed by atoms with E-state index >= 15 is 0 Å². The van der Waals surface area contributed by atoms with E-state index in [1.165, 1.54) is 18.0 Å². The number of nitrogens with two attached hydrogens (primary N) is 2. The number of thioether (sulfide) groups is 1. The number of benzene rings is 1. The fraction of sp³-hybridized carbons (Fsp3) is 0.568. The third kappa shape index (κ3) is 20.2. The molecule has 7 atom stereocenters. The van der Waals surface area contributed by atoms with Gasteiger partial charge < -0.3 is 59.0 Å². The summed E-state index contributed by atoms with van der Waals surface area (Å²) in [6, 6.07) is 5.79. The van der Waals surface area contributed by atoms with Crippen LogP contribution >= 0.6 is 11.8 Å². The molecule has 2 aliphatic rings. The van der Waals surface area contributed by atoms with Crippen LogP contribution in [0.4, 0.5) is 4.79 Å². The Morgan fingerprint density at radius 3 is 2.20 bits per heavy atom. The van der Waals surface area contributed by atoms with Crippen LogP contribution in [0.1, 0.15) is 88.3 Å². The van der Waals surface area contributed by atoms with Gasteiger partial charge in [0.25, 0.3) is 0 Å². The van der Waals surface area contributed by atoms with Gasteiger partial charge in [-0.3, -0.25) is 48.4 Å². The first kappa shape index (κ1) is 54.8. The van der Waals surface area contributed by atoms with Crippen molar-refractivity contribution in [1.29, 1.82) is 0 Å². The molecule has 25 heteroatoms. The lowest BCUT2D eigenvalue weighted by Crippen LogP contribution is -2.56. The third-order valence-electron chi connectivity index (χ3n) is 11.6. The number of aromatic amines is 1. The topological polar surface area (TPSA) is 380 Å². The van der Waals surface area contributed by atoms with Gasteiger partial charge in [0.2, 0.25) is 53.2 Å². The van der Waals surface area contributed by atoms with E-state index in [9.17, 15) is 53.2 Å². The maximum atomic E-state index is 13.8. The molecular weight excluding hydrogens is 919 g/mol. The Hall–Kier alpha value is -6.76. The first-order valence-corrected chi connectivity index (χ1v) is 24.1. The van der Waals surface area contributed by atoms with Crippen molar-refractivity contribution >= 4 is 71.0 Å². The smallest absolute Gasteiger partial charge is 0.315 e. The minimum atomic E-state index is -1.43. The number of carbonyl (C=O) groups excluding carboxylic acids is 10. The molecule has 2 aromatic rings. The number of aromatic nitrogens is 2. The highest BCUT2D eigenvalue weighted by molar-refractivity contribution is 8.00. The number of imidazole rings is 1. The highest BCUT2D eigenvalue weighted by atomic mass is 32.2. The first-order chi connectivity index (χ1) is 33.1. The van der Waals surface area contributed by atoms with Gasteiger partial charge in [-0.15, -0.1) is 0 Å². The number of primary amides is 2. The standard InChI is InChI=1S/C44H65N13O11S/c45-34(58)17-16-30(53-43(66)31(20-28-21-47-25-51-28)54-41(64)27(19-36(60)57-68)12-8-11-26-9-2-1-3-10-26)42(65)50-22-37(61)49-23-38(62)52-29(40(46)63)13-6-7-18-48-35(59)15-5-4-14-33-39-32(24-69-33)55-44(67)56-39/h1-3,9-10,21,25,27,29-33,39,68H,4-8,11-20,22-24H2,(H2,45,58)(H2,46,63)(H,47,51)(H,48,59)(H,49,61)(H,50,65)(H,52,62)(H,53,66)(H,54,64)(H,57,60)(H2,55,56,67)/t27?,29-,30-,31-,32-,33-,39-/m0/s1. The average molecular weight is 984 g/mol. The van der Waals surface area contributed by atoms with Crippen LogP contribution in [0.15, 0.2) is 42.9 Å². The number of fused-ring (bicyclic) bond motifs is 1. The van der Waals surface area contributed by atoms with Crippen LogP contribution in [-0.4, -0.2) is 135 Å². The van der Waals surface area contributed by atoms with Crippen LogP contribution in [0.5, 0.6) is 0 Å². The Morgan fingerprint density at radius 1 is 0.739 bits per heavy atom. The zero-order valence-electron chi connectivity index (χ0n) is 38.4. The molecule has 0 radical (unpaired) electrons. The van der Waals surface area contributed by atoms with Gasteiger partial charge in [-0.2, -0.15) is 11.8 Å². The van der Waals surface area contributed by atoms with Crippen molar-refractivity contribution in [2.45, 2.75) is 125 Å². The Bertz CT molecular complexity index is 2060. The van der Waals surface area contributed by atoms with Crippen LogP contribution in [0, 0.1) is 5.92 Å². The highest BCUT2D eigenvalue weighted by Gasteiger charge is 2.42. The van der Waals surface area contributed by atoms with Crippen LogP contribution in [0.3, 0.4) is 0 Å². The quantitative estimate of drug-likeness (QED) is 0.0163. The van der Waals surface area contributed by atoms with Crippen molar-refractivity contribution in [3.05, 3.63) is 54.1 Å². The largest absolute Gasteiger partial charge is 0.370 e. The van der Waals surface area contributed by atoms with Gasteiger partial charge in [-0.25, -0.2) is 15.3 Å². The summed E-state index contributed by atoms with van der Waals surface area (Å²) in [7, 11) is 0. The first-order valence-electron chi connectivity index (χ1n) is 23.0. The predicted octanol–water partition coefficient (Wildman–Crippen LogP) is -2.06. The van der Waals surface area contributed by atoms with Gasteiger partial charge in [0.15, 0.2) is 0 Å². The number of hydroxylamine groups is 1. The van der Waals surface area contributed by atoms with Crippen LogP contribution in [-0.2, 0) is 56.0 Å². The monoisotopic (exact) mass is 983 g/mol. The Morgan fingerprint density at radius 2 is 1.49 bits per heavy atom. The molecule has 1 aromatic carbocycles. The van der Waals surface area contributed by atoms with Crippen molar-refractivity contribution in [3.63, 3.8) is 0 Å². The summed E-state index contributed by atoms with van der Waals surface area (Å²) in [4.78, 5) is 133. The summed E-state index contributed by atoms with van der Waals surface area (Å²) in [6.45, 7) is -0.881. The Kier molecular flexibility index (Phi) is 23.2. The second-order valence-electron chi connectivity index (χ2n) is 17.0. The number of nitrogens with one attached hydrogen (secondary N) is 10. The molecule has 1 aromatic heterocycles. The second-order valence-corrected chi connectivity index (χ2v) is 18.2. The molecule has 3 heterocycles. The summed E-state index contributed by atoms with van der Waals surface area (Å²) in [5.41, 5.74) is 13.8. The maximum Gasteiger partial charge on any atom is 0.315 e. The van der Waals surface area contributed by atoms with Gasteiger partial charge in [-0.1, -0.05) is 36.8 Å². The zero-order valence-corrected chi connectivity index (χ0v) is 39.2. The van der Waals surface area contributed by atoms with Gasteiger partial charge in [-0.05, 0) is 63.4 Å². The zero-order chi connectivity index (χ0) is 50.1. The number of aryl methyl sites for hydroxylation is 1. The Balaban J connectivity index is 1.19. The van der Waals surface area contributed by atoms with E-state index in [0.717, 1.165) is 24.2 Å². The number of H-pyrrole nitrogens is 1. The lowest BCUT2D eigenvalue weighted by Gasteiger charge is -2.24. The van der Waals surface area contributed by atoms with E-state index < -0.39 is 84.4 Å². The fourth-order valence-corrected chi connectivity index (χ4v) is 9.41. The van der Waals surface area contributed by atoms with Crippen molar-refractivity contribution < 1.29 is 53.2 Å². The molecule has 2 aliphatic heterocycles. The summed E-state index contributed by atoms with van der Waals surface area (Å²) < 4.78 is 0. The molecule has 0 saturated carbocycles. The minimum Gasteiger partial charge on any atom is -0.370 e. The van der Waals surface area contributed by atoms with Crippen molar-refractivity contribution in [3.8, 4) is 0 Å². The van der Waals surface area contributed by atoms with E-state index in [1.54, 1.807) is 0 Å². The van der Waals surface area contributed by atoms with Gasteiger partial charge in [0.05, 0.1) is 31.5 Å². The minimum absolute atomic E-state index is 0.0971. The van der Waals surface area contributed by atoms with Crippen LogP contribution < -0.4 is 59.5 Å². The normalized spacial score (nSPS) is 17.6. The number of hydrogen-bond donors (Lipinski definition) is 13. The molecule has 24 nitrogen and oxygen atoms in total. The fourth-order valence-electron chi connectivity index (χ4n) is 7.86. The van der Waals surface area contributed by atoms with E-state index in [2.05, 4.69) is 52.5 Å². The molecule has 15 N–H and O–H groups in total. The van der Waals surface area contributed by atoms with E-state index in [-0.39, 0.29) is 62.5 Å². The molecule has 2 saturated heterocycles. The summed E-state index contributed by atoms with van der Waals surface area (Å²) >= 11 is 1.83. The van der Waals surface area contributed by atoms with Gasteiger partial charge in [0, 0.05) is 61.0 Å². The predicted molar refractivity (Wildman–Crippen MR) is 250 cm³/mol. The molecule has 4 rings (SSSR count). The van der Waals surface area contributed by atoms with E-state index in [4.69, 9.17) is 11.5 Å². The number of nitrogens with zero attached hydrogens (tertiary/aromatic N) is 1. The third-order valence-corrected chi connectivity index (χ3v) is 13.1. The number of urea groups is 1. The molecule has 2 fully saturated rings. The Labute approximate surface area is 403 Å². The number of amides is 11. The molecule has 0 bridgehead atoms. The van der Waals surface area contributed by atoms with E-state index in [0.29, 0.717) is 56.0 Å². The molecular formula is C44H65N13O11S. The summed E-state index contributed by atoms with van der Waals surface area (Å²) in [5.74, 6) is -6.55. The maximum absolute atomic E-state index is 13.8. The number of rotatable bonds is 32. The molecule has 1 unspecified atom stereocenters. The molecule has 69 heavy (non-hydrogen) atoms. The van der Waals surface area contributed by atoms with E-state index in [1.807, 2.05) is 42.1 Å². The number of hydrogen-bond acceptors (Lipinski definition) is 13. The van der Waals surface area contributed by atoms with Crippen LogP contribution in [0.25, 0.3) is 0 Å². The summed E-state index contributed by atoms with van der Waals surface area (Å²) in [5, 5.41) is 30.5. The average Bonchev–Trinajstić information content (AvgIpc) is 4.07.